The van der Waals surface area contributed by atoms with Crippen molar-refractivity contribution in [2.75, 3.05) is 24.6 Å². The Morgan fingerprint density at radius 3 is 2.62 bits per heavy atom. The number of nitro groups is 1. The number of rotatable bonds is 5. The summed E-state index contributed by atoms with van der Waals surface area (Å²) in [5.74, 6) is 0.618. The molecule has 1 saturated heterocycles. The van der Waals surface area contributed by atoms with Gasteiger partial charge in [-0.15, -0.1) is 0 Å². The van der Waals surface area contributed by atoms with E-state index in [2.05, 4.69) is 0 Å². The summed E-state index contributed by atoms with van der Waals surface area (Å²) in [4.78, 5) is 13.1. The van der Waals surface area contributed by atoms with Gasteiger partial charge in [0.15, 0.2) is 5.75 Å². The molecule has 1 aromatic carbocycles. The van der Waals surface area contributed by atoms with E-state index in [0.29, 0.717) is 17.4 Å². The number of para-hydroxylation sites is 1. The maximum atomic E-state index is 11.4. The van der Waals surface area contributed by atoms with Gasteiger partial charge in [0.2, 0.25) is 0 Å². The molecule has 0 amide bonds. The number of aliphatic hydroxyl groups excluding tert-OH is 1. The van der Waals surface area contributed by atoms with E-state index in [1.807, 2.05) is 18.7 Å². The van der Waals surface area contributed by atoms with Gasteiger partial charge in [-0.3, -0.25) is 10.1 Å². The predicted molar refractivity (Wildman–Crippen MR) is 80.9 cm³/mol. The maximum Gasteiger partial charge on any atom is 0.333 e. The molecule has 0 saturated carbocycles. The molecular formula is C15H22N2O4. The van der Waals surface area contributed by atoms with Gasteiger partial charge in [0, 0.05) is 19.7 Å². The van der Waals surface area contributed by atoms with Gasteiger partial charge in [0.25, 0.3) is 0 Å². The average molecular weight is 294 g/mol. The lowest BCUT2D eigenvalue weighted by molar-refractivity contribution is -0.385. The number of piperidine rings is 1. The van der Waals surface area contributed by atoms with Gasteiger partial charge in [0.1, 0.15) is 5.69 Å². The number of aliphatic hydroxyl groups is 1. The quantitative estimate of drug-likeness (QED) is 0.667. The third-order valence-corrected chi connectivity index (χ3v) is 3.74. The van der Waals surface area contributed by atoms with Crippen molar-refractivity contribution in [1.29, 1.82) is 0 Å². The summed E-state index contributed by atoms with van der Waals surface area (Å²) in [6.07, 6.45) is 1.59. The van der Waals surface area contributed by atoms with Crippen LogP contribution in [0.5, 0.6) is 5.75 Å². The zero-order chi connectivity index (χ0) is 15.4. The SMILES string of the molecule is CC(C)Oc1cccc(N2CCC(CO)CC2)c1[N+](=O)[O-]. The van der Waals surface area contributed by atoms with Crippen LogP contribution in [0.3, 0.4) is 0 Å². The molecule has 1 aliphatic heterocycles. The van der Waals surface area contributed by atoms with Gasteiger partial charge < -0.3 is 14.7 Å². The minimum atomic E-state index is -0.370. The molecule has 116 valence electrons. The molecular weight excluding hydrogens is 272 g/mol. The number of nitrogens with zero attached hydrogens (tertiary/aromatic N) is 2. The van der Waals surface area contributed by atoms with Crippen LogP contribution in [0.15, 0.2) is 18.2 Å². The lowest BCUT2D eigenvalue weighted by Crippen LogP contribution is -2.35. The first-order valence-electron chi connectivity index (χ1n) is 7.32. The number of ether oxygens (including phenoxy) is 1. The smallest absolute Gasteiger partial charge is 0.333 e. The van der Waals surface area contributed by atoms with Crippen molar-refractivity contribution in [2.45, 2.75) is 32.8 Å². The second-order valence-corrected chi connectivity index (χ2v) is 5.66. The van der Waals surface area contributed by atoms with Crippen LogP contribution in [0.1, 0.15) is 26.7 Å². The standard InChI is InChI=1S/C15H22N2O4/c1-11(2)21-14-5-3-4-13(15(14)17(19)20)16-8-6-12(10-18)7-9-16/h3-5,11-12,18H,6-10H2,1-2H3. The first-order valence-corrected chi connectivity index (χ1v) is 7.32. The van der Waals surface area contributed by atoms with Crippen LogP contribution < -0.4 is 9.64 Å². The molecule has 1 aliphatic rings. The molecule has 6 nitrogen and oxygen atoms in total. The molecule has 0 bridgehead atoms. The Hall–Kier alpha value is -1.82. The van der Waals surface area contributed by atoms with Crippen LogP contribution in [0.2, 0.25) is 0 Å². The van der Waals surface area contributed by atoms with Crippen LogP contribution >= 0.6 is 0 Å². The number of nitro benzene ring substituents is 1. The Morgan fingerprint density at radius 2 is 2.10 bits per heavy atom. The lowest BCUT2D eigenvalue weighted by atomic mass is 9.97. The van der Waals surface area contributed by atoms with E-state index in [0.717, 1.165) is 25.9 Å². The van der Waals surface area contributed by atoms with E-state index >= 15 is 0 Å². The largest absolute Gasteiger partial charge is 0.484 e. The minimum Gasteiger partial charge on any atom is -0.484 e. The number of hydrogen-bond donors (Lipinski definition) is 1. The first kappa shape index (κ1) is 15.6. The van der Waals surface area contributed by atoms with Crippen LogP contribution in [-0.4, -0.2) is 35.8 Å². The number of anilines is 1. The van der Waals surface area contributed by atoms with Crippen molar-refractivity contribution >= 4 is 11.4 Å². The molecule has 0 aliphatic carbocycles. The van der Waals surface area contributed by atoms with Gasteiger partial charge in [-0.1, -0.05) is 6.07 Å². The van der Waals surface area contributed by atoms with Crippen molar-refractivity contribution in [3.63, 3.8) is 0 Å². The predicted octanol–water partition coefficient (Wildman–Crippen LogP) is 2.59. The molecule has 0 radical (unpaired) electrons. The molecule has 1 fully saturated rings. The molecule has 6 heteroatoms. The average Bonchev–Trinajstić information content (AvgIpc) is 2.46. The Labute approximate surface area is 124 Å². The fourth-order valence-electron chi connectivity index (χ4n) is 2.65. The van der Waals surface area contributed by atoms with Gasteiger partial charge in [-0.25, -0.2) is 0 Å². The van der Waals surface area contributed by atoms with Crippen LogP contribution in [0.4, 0.5) is 11.4 Å². The zero-order valence-electron chi connectivity index (χ0n) is 12.5. The molecule has 0 spiro atoms. The summed E-state index contributed by atoms with van der Waals surface area (Å²) in [5.41, 5.74) is 0.642. The third kappa shape index (κ3) is 3.64. The Morgan fingerprint density at radius 1 is 1.43 bits per heavy atom. The van der Waals surface area contributed by atoms with Crippen molar-refractivity contribution in [3.8, 4) is 5.75 Å². The number of hydrogen-bond acceptors (Lipinski definition) is 5. The second kappa shape index (κ2) is 6.76. The highest BCUT2D eigenvalue weighted by molar-refractivity contribution is 5.70. The fraction of sp³-hybridized carbons (Fsp3) is 0.600. The highest BCUT2D eigenvalue weighted by Crippen LogP contribution is 2.39. The highest BCUT2D eigenvalue weighted by atomic mass is 16.6. The van der Waals surface area contributed by atoms with Crippen molar-refractivity contribution in [3.05, 3.63) is 28.3 Å². The van der Waals surface area contributed by atoms with Crippen molar-refractivity contribution in [2.24, 2.45) is 5.92 Å². The summed E-state index contributed by atoms with van der Waals surface area (Å²) in [6.45, 7) is 5.33. The minimum absolute atomic E-state index is 0.0358. The van der Waals surface area contributed by atoms with E-state index < -0.39 is 0 Å². The van der Waals surface area contributed by atoms with Gasteiger partial charge >= 0.3 is 5.69 Å². The summed E-state index contributed by atoms with van der Waals surface area (Å²) < 4.78 is 5.57. The monoisotopic (exact) mass is 294 g/mol. The molecule has 1 N–H and O–H groups in total. The lowest BCUT2D eigenvalue weighted by Gasteiger charge is -2.32. The molecule has 0 atom stereocenters. The summed E-state index contributed by atoms with van der Waals surface area (Å²) in [5, 5.41) is 20.6. The highest BCUT2D eigenvalue weighted by Gasteiger charge is 2.28. The van der Waals surface area contributed by atoms with Gasteiger partial charge in [0.05, 0.1) is 11.0 Å². The topological polar surface area (TPSA) is 75.8 Å². The molecule has 2 rings (SSSR count). The Balaban J connectivity index is 2.28. The first-order chi connectivity index (χ1) is 10.0. The molecule has 0 aromatic heterocycles. The van der Waals surface area contributed by atoms with Gasteiger partial charge in [-0.05, 0) is 44.7 Å². The second-order valence-electron chi connectivity index (χ2n) is 5.66. The summed E-state index contributed by atoms with van der Waals surface area (Å²) in [7, 11) is 0. The normalized spacial score (nSPS) is 16.3. The van der Waals surface area contributed by atoms with Crippen molar-refractivity contribution < 1.29 is 14.8 Å². The molecule has 1 aromatic rings. The van der Waals surface area contributed by atoms with Crippen molar-refractivity contribution in [1.82, 2.24) is 0 Å². The molecule has 1 heterocycles. The third-order valence-electron chi connectivity index (χ3n) is 3.74. The van der Waals surface area contributed by atoms with Crippen LogP contribution in [-0.2, 0) is 0 Å². The van der Waals surface area contributed by atoms with Crippen LogP contribution in [0.25, 0.3) is 0 Å². The van der Waals surface area contributed by atoms with E-state index in [9.17, 15) is 15.2 Å². The number of benzene rings is 1. The zero-order valence-corrected chi connectivity index (χ0v) is 12.5. The fourth-order valence-corrected chi connectivity index (χ4v) is 2.65. The Bertz CT molecular complexity index is 496. The maximum absolute atomic E-state index is 11.4. The van der Waals surface area contributed by atoms with E-state index in [1.54, 1.807) is 18.2 Å². The molecule has 0 unspecified atom stereocenters. The Kier molecular flexibility index (Phi) is 5.01. The van der Waals surface area contributed by atoms with E-state index in [1.165, 1.54) is 0 Å². The van der Waals surface area contributed by atoms with Gasteiger partial charge in [-0.2, -0.15) is 0 Å². The van der Waals surface area contributed by atoms with Crippen LogP contribution in [0, 0.1) is 16.0 Å². The summed E-state index contributed by atoms with van der Waals surface area (Å²) >= 11 is 0. The summed E-state index contributed by atoms with van der Waals surface area (Å²) in [6, 6.07) is 5.20. The van der Waals surface area contributed by atoms with E-state index in [4.69, 9.17) is 4.74 Å². The molecule has 21 heavy (non-hydrogen) atoms. The van der Waals surface area contributed by atoms with E-state index in [-0.39, 0.29) is 23.3 Å².